The molecule has 2 nitrogen and oxygen atoms in total. The molecule has 0 unspecified atom stereocenters. The zero-order chi connectivity index (χ0) is 16.5. The van der Waals surface area contributed by atoms with Gasteiger partial charge >= 0.3 is 0 Å². The lowest BCUT2D eigenvalue weighted by Crippen LogP contribution is -2.24. The van der Waals surface area contributed by atoms with Crippen molar-refractivity contribution >= 4 is 0 Å². The Morgan fingerprint density at radius 3 is 1.00 bits per heavy atom. The minimum atomic E-state index is 1.32. The van der Waals surface area contributed by atoms with Gasteiger partial charge in [-0.2, -0.15) is 0 Å². The molecule has 0 radical (unpaired) electrons. The lowest BCUT2D eigenvalue weighted by atomic mass is 10.1. The minimum absolute atomic E-state index is 1.32. The molecule has 0 amide bonds. The fraction of sp³-hybridized carbons (Fsp3) is 1.00. The first-order valence-corrected chi connectivity index (χ1v) is 10.1. The topological polar surface area (TPSA) is 6.48 Å². The smallest absolute Gasteiger partial charge is 0.00218 e. The Morgan fingerprint density at radius 2 is 0.818 bits per heavy atom. The van der Waals surface area contributed by atoms with Crippen LogP contribution in [0.2, 0.25) is 0 Å². The predicted molar refractivity (Wildman–Crippen MR) is 102 cm³/mol. The number of unbranched alkanes of at least 4 members (excludes halogenated alkanes) is 5. The molecule has 2 aliphatic heterocycles. The van der Waals surface area contributed by atoms with Crippen molar-refractivity contribution < 1.29 is 0 Å². The molecule has 2 aliphatic rings. The molecule has 0 atom stereocenters. The van der Waals surface area contributed by atoms with Gasteiger partial charge in [0, 0.05) is 0 Å². The van der Waals surface area contributed by atoms with Gasteiger partial charge in [0.05, 0.1) is 0 Å². The van der Waals surface area contributed by atoms with Crippen LogP contribution in [-0.4, -0.2) is 50.1 Å². The van der Waals surface area contributed by atoms with Crippen LogP contribution in [0.5, 0.6) is 0 Å². The standard InChI is InChI=1S/C8H18.2C6H13N/c1-3-5-7-8-6-4-2;2*1-7-5-3-2-4-6-7/h3-8H2,1-2H3;2*2-6H2,1H3. The van der Waals surface area contributed by atoms with Gasteiger partial charge in [-0.15, -0.1) is 0 Å². The summed E-state index contributed by atoms with van der Waals surface area (Å²) in [5, 5.41) is 0. The molecule has 0 aliphatic carbocycles. The van der Waals surface area contributed by atoms with Gasteiger partial charge in [0.15, 0.2) is 0 Å². The molecule has 0 saturated carbocycles. The van der Waals surface area contributed by atoms with Crippen LogP contribution in [0, 0.1) is 0 Å². The second-order valence-electron chi connectivity index (χ2n) is 7.14. The summed E-state index contributed by atoms with van der Waals surface area (Å²) >= 11 is 0. The van der Waals surface area contributed by atoms with Gasteiger partial charge in [-0.3, -0.25) is 0 Å². The number of piperidine rings is 2. The predicted octanol–water partition coefficient (Wildman–Crippen LogP) is 5.57. The van der Waals surface area contributed by atoms with E-state index in [9.17, 15) is 0 Å². The lowest BCUT2D eigenvalue weighted by Gasteiger charge is -2.20. The Balaban J connectivity index is 0.000000301. The quantitative estimate of drug-likeness (QED) is 0.612. The van der Waals surface area contributed by atoms with Crippen molar-refractivity contribution in [3.05, 3.63) is 0 Å². The van der Waals surface area contributed by atoms with Crippen molar-refractivity contribution in [3.63, 3.8) is 0 Å². The van der Waals surface area contributed by atoms with Crippen LogP contribution in [0.1, 0.15) is 90.9 Å². The zero-order valence-electron chi connectivity index (χ0n) is 16.2. The number of likely N-dealkylation sites (tertiary alicyclic amines) is 2. The number of rotatable bonds is 5. The van der Waals surface area contributed by atoms with Gasteiger partial charge in [-0.25, -0.2) is 0 Å². The van der Waals surface area contributed by atoms with Crippen LogP contribution in [0.25, 0.3) is 0 Å². The second kappa shape index (κ2) is 17.3. The third-order valence-electron chi connectivity index (χ3n) is 4.62. The highest BCUT2D eigenvalue weighted by Gasteiger charge is 2.02. The zero-order valence-corrected chi connectivity index (χ0v) is 16.2. The van der Waals surface area contributed by atoms with E-state index in [1.165, 1.54) is 103 Å². The maximum atomic E-state index is 2.39. The summed E-state index contributed by atoms with van der Waals surface area (Å²) in [6.45, 7) is 9.79. The Bertz CT molecular complexity index is 172. The van der Waals surface area contributed by atoms with Gasteiger partial charge in [0.25, 0.3) is 0 Å². The second-order valence-corrected chi connectivity index (χ2v) is 7.14. The van der Waals surface area contributed by atoms with Gasteiger partial charge < -0.3 is 9.80 Å². The van der Waals surface area contributed by atoms with Crippen LogP contribution in [0.3, 0.4) is 0 Å². The number of hydrogen-bond acceptors (Lipinski definition) is 2. The molecule has 0 N–H and O–H groups in total. The molecular weight excluding hydrogens is 268 g/mol. The monoisotopic (exact) mass is 312 g/mol. The number of nitrogens with zero attached hydrogens (tertiary/aromatic N) is 2. The van der Waals surface area contributed by atoms with E-state index in [4.69, 9.17) is 0 Å². The van der Waals surface area contributed by atoms with E-state index in [2.05, 4.69) is 37.7 Å². The highest BCUT2D eigenvalue weighted by Crippen LogP contribution is 2.05. The molecule has 134 valence electrons. The van der Waals surface area contributed by atoms with Gasteiger partial charge in [-0.1, -0.05) is 65.2 Å². The van der Waals surface area contributed by atoms with E-state index in [0.717, 1.165) is 0 Å². The molecule has 2 rings (SSSR count). The SMILES string of the molecule is CCCCCCCC.CN1CCCCC1.CN1CCCCC1. The van der Waals surface area contributed by atoms with Crippen molar-refractivity contribution in [2.75, 3.05) is 40.3 Å². The molecular formula is C20H44N2. The van der Waals surface area contributed by atoms with Crippen molar-refractivity contribution in [3.8, 4) is 0 Å². The fourth-order valence-corrected chi connectivity index (χ4v) is 2.96. The summed E-state index contributed by atoms with van der Waals surface area (Å²) in [4.78, 5) is 4.78. The molecule has 2 heteroatoms. The molecule has 0 aromatic carbocycles. The molecule has 22 heavy (non-hydrogen) atoms. The Morgan fingerprint density at radius 1 is 0.500 bits per heavy atom. The lowest BCUT2D eigenvalue weighted by molar-refractivity contribution is 0.277. The first kappa shape index (κ1) is 21.9. The minimum Gasteiger partial charge on any atom is -0.306 e. The molecule has 2 heterocycles. The van der Waals surface area contributed by atoms with E-state index in [1.807, 2.05) is 0 Å². The summed E-state index contributed by atoms with van der Waals surface area (Å²) in [5.41, 5.74) is 0. The van der Waals surface area contributed by atoms with Gasteiger partial charge in [0.2, 0.25) is 0 Å². The van der Waals surface area contributed by atoms with Crippen LogP contribution >= 0.6 is 0 Å². The first-order valence-electron chi connectivity index (χ1n) is 10.1. The molecule has 2 fully saturated rings. The van der Waals surface area contributed by atoms with Crippen LogP contribution in [0.15, 0.2) is 0 Å². The number of hydrogen-bond donors (Lipinski definition) is 0. The summed E-state index contributed by atoms with van der Waals surface area (Å²) < 4.78 is 0. The highest BCUT2D eigenvalue weighted by atomic mass is 15.1. The largest absolute Gasteiger partial charge is 0.306 e. The Hall–Kier alpha value is -0.0800. The van der Waals surface area contributed by atoms with E-state index in [1.54, 1.807) is 0 Å². The summed E-state index contributed by atoms with van der Waals surface area (Å²) in [6, 6.07) is 0. The van der Waals surface area contributed by atoms with Crippen molar-refractivity contribution in [1.82, 2.24) is 9.80 Å². The first-order chi connectivity index (χ1) is 10.7. The van der Waals surface area contributed by atoms with Crippen LogP contribution in [0.4, 0.5) is 0 Å². The van der Waals surface area contributed by atoms with E-state index < -0.39 is 0 Å². The van der Waals surface area contributed by atoms with E-state index in [0.29, 0.717) is 0 Å². The average Bonchev–Trinajstić information content (AvgIpc) is 2.54. The summed E-state index contributed by atoms with van der Waals surface area (Å²) in [5.74, 6) is 0. The maximum absolute atomic E-state index is 2.39. The van der Waals surface area contributed by atoms with Crippen molar-refractivity contribution in [1.29, 1.82) is 0 Å². The summed E-state index contributed by atoms with van der Waals surface area (Å²) in [7, 11) is 4.39. The fourth-order valence-electron chi connectivity index (χ4n) is 2.96. The molecule has 2 saturated heterocycles. The third kappa shape index (κ3) is 16.3. The maximum Gasteiger partial charge on any atom is -0.00218 e. The Labute approximate surface area is 141 Å². The van der Waals surface area contributed by atoms with Gasteiger partial charge in [-0.05, 0) is 66.0 Å². The van der Waals surface area contributed by atoms with E-state index in [-0.39, 0.29) is 0 Å². The molecule has 0 bridgehead atoms. The van der Waals surface area contributed by atoms with Gasteiger partial charge in [0.1, 0.15) is 0 Å². The van der Waals surface area contributed by atoms with Crippen LogP contribution < -0.4 is 0 Å². The molecule has 0 aromatic heterocycles. The normalized spacial score (nSPS) is 19.6. The molecule has 0 spiro atoms. The van der Waals surface area contributed by atoms with E-state index >= 15 is 0 Å². The third-order valence-corrected chi connectivity index (χ3v) is 4.62. The molecule has 0 aromatic rings. The Kier molecular flexibility index (Phi) is 17.2. The summed E-state index contributed by atoms with van der Waals surface area (Å²) in [6.07, 6.45) is 17.0. The average molecular weight is 313 g/mol. The van der Waals surface area contributed by atoms with Crippen LogP contribution in [-0.2, 0) is 0 Å². The highest BCUT2D eigenvalue weighted by molar-refractivity contribution is 4.58. The van der Waals surface area contributed by atoms with Crippen molar-refractivity contribution in [2.24, 2.45) is 0 Å². The van der Waals surface area contributed by atoms with Crippen molar-refractivity contribution in [2.45, 2.75) is 90.9 Å².